The van der Waals surface area contributed by atoms with Crippen LogP contribution < -0.4 is 5.32 Å². The first kappa shape index (κ1) is 8.52. The van der Waals surface area contributed by atoms with Crippen molar-refractivity contribution in [1.82, 2.24) is 10.2 Å². The Morgan fingerprint density at radius 3 is 2.17 bits per heavy atom. The highest BCUT2D eigenvalue weighted by molar-refractivity contribution is 5.05. The molecule has 0 saturated carbocycles. The Morgan fingerprint density at radius 1 is 1.25 bits per heavy atom. The zero-order chi connectivity index (χ0) is 8.60. The predicted octanol–water partition coefficient (Wildman–Crippen LogP) is 1.08. The Morgan fingerprint density at radius 2 is 1.83 bits per heavy atom. The Labute approximate surface area is 75.3 Å². The van der Waals surface area contributed by atoms with Crippen molar-refractivity contribution >= 4 is 0 Å². The van der Waals surface area contributed by atoms with Crippen molar-refractivity contribution in [1.29, 1.82) is 0 Å². The van der Waals surface area contributed by atoms with Gasteiger partial charge in [0.15, 0.2) is 0 Å². The van der Waals surface area contributed by atoms with E-state index in [4.69, 9.17) is 0 Å². The van der Waals surface area contributed by atoms with Gasteiger partial charge in [-0.1, -0.05) is 13.8 Å². The molecule has 70 valence electrons. The Kier molecular flexibility index (Phi) is 2.13. The maximum Gasteiger partial charge on any atom is 0.0207 e. The van der Waals surface area contributed by atoms with Gasteiger partial charge in [0, 0.05) is 37.6 Å². The van der Waals surface area contributed by atoms with Crippen molar-refractivity contribution in [2.75, 3.05) is 26.2 Å². The molecule has 0 amide bonds. The lowest BCUT2D eigenvalue weighted by atomic mass is 9.73. The van der Waals surface area contributed by atoms with E-state index in [2.05, 4.69) is 24.1 Å². The average molecular weight is 168 g/mol. The molecule has 1 spiro atoms. The molecule has 0 aromatic carbocycles. The van der Waals surface area contributed by atoms with E-state index in [1.165, 1.54) is 39.0 Å². The van der Waals surface area contributed by atoms with E-state index >= 15 is 0 Å². The van der Waals surface area contributed by atoms with Crippen LogP contribution in [0.5, 0.6) is 0 Å². The number of hydrogen-bond acceptors (Lipinski definition) is 2. The van der Waals surface area contributed by atoms with E-state index in [1.54, 1.807) is 0 Å². The van der Waals surface area contributed by atoms with Gasteiger partial charge in [-0.25, -0.2) is 0 Å². The zero-order valence-corrected chi connectivity index (χ0v) is 8.27. The van der Waals surface area contributed by atoms with Crippen molar-refractivity contribution in [2.24, 2.45) is 5.41 Å². The van der Waals surface area contributed by atoms with E-state index in [0.717, 1.165) is 6.04 Å². The monoisotopic (exact) mass is 168 g/mol. The van der Waals surface area contributed by atoms with Crippen LogP contribution in [0.3, 0.4) is 0 Å². The SMILES string of the molecule is CCC(CC)N1CC2(CNC2)C1. The van der Waals surface area contributed by atoms with E-state index < -0.39 is 0 Å². The lowest BCUT2D eigenvalue weighted by molar-refractivity contribution is -0.0662. The molecule has 2 nitrogen and oxygen atoms in total. The first-order chi connectivity index (χ1) is 5.79. The molecule has 0 aromatic rings. The summed E-state index contributed by atoms with van der Waals surface area (Å²) in [5.41, 5.74) is 0.711. The van der Waals surface area contributed by atoms with Crippen LogP contribution in [0, 0.1) is 5.41 Å². The number of likely N-dealkylation sites (tertiary alicyclic amines) is 1. The Balaban J connectivity index is 1.79. The minimum Gasteiger partial charge on any atom is -0.315 e. The highest BCUT2D eigenvalue weighted by Gasteiger charge is 2.48. The van der Waals surface area contributed by atoms with Crippen LogP contribution in [0.1, 0.15) is 26.7 Å². The molecule has 2 saturated heterocycles. The van der Waals surface area contributed by atoms with E-state index in [0.29, 0.717) is 5.41 Å². The Hall–Kier alpha value is -0.0800. The van der Waals surface area contributed by atoms with Crippen LogP contribution in [0.15, 0.2) is 0 Å². The normalized spacial score (nSPS) is 27.2. The predicted molar refractivity (Wildman–Crippen MR) is 51.2 cm³/mol. The molecule has 0 aromatic heterocycles. The van der Waals surface area contributed by atoms with Crippen molar-refractivity contribution in [3.63, 3.8) is 0 Å². The third-order valence-corrected chi connectivity index (χ3v) is 3.54. The molecule has 0 unspecified atom stereocenters. The maximum absolute atomic E-state index is 3.37. The molecule has 0 bridgehead atoms. The van der Waals surface area contributed by atoms with Crippen LogP contribution in [-0.2, 0) is 0 Å². The van der Waals surface area contributed by atoms with Gasteiger partial charge in [-0.3, -0.25) is 4.90 Å². The van der Waals surface area contributed by atoms with Gasteiger partial charge in [0.05, 0.1) is 0 Å². The molecule has 0 radical (unpaired) electrons. The lowest BCUT2D eigenvalue weighted by Gasteiger charge is -2.58. The van der Waals surface area contributed by atoms with E-state index in [9.17, 15) is 0 Å². The molecule has 2 heteroatoms. The summed E-state index contributed by atoms with van der Waals surface area (Å²) in [6.45, 7) is 9.85. The second-order valence-electron chi connectivity index (χ2n) is 4.48. The molecule has 2 aliphatic heterocycles. The maximum atomic E-state index is 3.37. The average Bonchev–Trinajstić information content (AvgIpc) is 1.91. The summed E-state index contributed by atoms with van der Waals surface area (Å²) >= 11 is 0. The molecular weight excluding hydrogens is 148 g/mol. The highest BCUT2D eigenvalue weighted by Crippen LogP contribution is 2.36. The molecule has 0 atom stereocenters. The first-order valence-corrected chi connectivity index (χ1v) is 5.24. The van der Waals surface area contributed by atoms with Gasteiger partial charge in [0.1, 0.15) is 0 Å². The van der Waals surface area contributed by atoms with Gasteiger partial charge in [-0.05, 0) is 12.8 Å². The molecule has 2 fully saturated rings. The fourth-order valence-electron chi connectivity index (χ4n) is 2.58. The summed E-state index contributed by atoms with van der Waals surface area (Å²) in [6.07, 6.45) is 2.64. The number of nitrogens with zero attached hydrogens (tertiary/aromatic N) is 1. The van der Waals surface area contributed by atoms with E-state index in [-0.39, 0.29) is 0 Å². The first-order valence-electron chi connectivity index (χ1n) is 5.24. The summed E-state index contributed by atoms with van der Waals surface area (Å²) in [6, 6.07) is 0.858. The molecule has 0 aliphatic carbocycles. The summed E-state index contributed by atoms with van der Waals surface area (Å²) in [4.78, 5) is 2.65. The second kappa shape index (κ2) is 3.00. The zero-order valence-electron chi connectivity index (χ0n) is 8.27. The van der Waals surface area contributed by atoms with E-state index in [1.807, 2.05) is 0 Å². The third kappa shape index (κ3) is 1.17. The van der Waals surface area contributed by atoms with Gasteiger partial charge in [-0.15, -0.1) is 0 Å². The van der Waals surface area contributed by atoms with Crippen LogP contribution in [0.25, 0.3) is 0 Å². The van der Waals surface area contributed by atoms with Crippen molar-refractivity contribution in [2.45, 2.75) is 32.7 Å². The van der Waals surface area contributed by atoms with Crippen molar-refractivity contribution in [3.05, 3.63) is 0 Å². The van der Waals surface area contributed by atoms with Crippen LogP contribution >= 0.6 is 0 Å². The van der Waals surface area contributed by atoms with Crippen molar-refractivity contribution in [3.8, 4) is 0 Å². The van der Waals surface area contributed by atoms with Crippen LogP contribution in [-0.4, -0.2) is 37.1 Å². The smallest absolute Gasteiger partial charge is 0.0207 e. The Bertz CT molecular complexity index is 151. The number of rotatable bonds is 3. The standard InChI is InChI=1S/C10H20N2/c1-3-9(4-2)12-7-10(8-12)5-11-6-10/h9,11H,3-8H2,1-2H3. The van der Waals surface area contributed by atoms with Crippen molar-refractivity contribution < 1.29 is 0 Å². The fourth-order valence-corrected chi connectivity index (χ4v) is 2.58. The van der Waals surface area contributed by atoms with Gasteiger partial charge in [-0.2, -0.15) is 0 Å². The topological polar surface area (TPSA) is 15.3 Å². The minimum atomic E-state index is 0.711. The molecular formula is C10H20N2. The summed E-state index contributed by atoms with van der Waals surface area (Å²) in [5, 5.41) is 3.37. The van der Waals surface area contributed by atoms with Gasteiger partial charge in [0.2, 0.25) is 0 Å². The van der Waals surface area contributed by atoms with Gasteiger partial charge in [0.25, 0.3) is 0 Å². The lowest BCUT2D eigenvalue weighted by Crippen LogP contribution is -2.72. The quantitative estimate of drug-likeness (QED) is 0.678. The molecule has 2 rings (SSSR count). The molecule has 12 heavy (non-hydrogen) atoms. The third-order valence-electron chi connectivity index (χ3n) is 3.54. The van der Waals surface area contributed by atoms with Crippen LogP contribution in [0.4, 0.5) is 0 Å². The van der Waals surface area contributed by atoms with Gasteiger partial charge < -0.3 is 5.32 Å². The number of hydrogen-bond donors (Lipinski definition) is 1. The molecule has 2 heterocycles. The minimum absolute atomic E-state index is 0.711. The molecule has 1 N–H and O–H groups in total. The summed E-state index contributed by atoms with van der Waals surface area (Å²) < 4.78 is 0. The highest BCUT2D eigenvalue weighted by atomic mass is 15.3. The van der Waals surface area contributed by atoms with Gasteiger partial charge >= 0.3 is 0 Å². The fraction of sp³-hybridized carbons (Fsp3) is 1.00. The summed E-state index contributed by atoms with van der Waals surface area (Å²) in [7, 11) is 0. The summed E-state index contributed by atoms with van der Waals surface area (Å²) in [5.74, 6) is 0. The van der Waals surface area contributed by atoms with Crippen LogP contribution in [0.2, 0.25) is 0 Å². The largest absolute Gasteiger partial charge is 0.315 e. The second-order valence-corrected chi connectivity index (χ2v) is 4.48. The molecule has 2 aliphatic rings. The number of nitrogens with one attached hydrogen (secondary N) is 1.